The summed E-state index contributed by atoms with van der Waals surface area (Å²) < 4.78 is 43.4. The van der Waals surface area contributed by atoms with E-state index in [-0.39, 0.29) is 0 Å². The highest BCUT2D eigenvalue weighted by Crippen LogP contribution is 2.65. The van der Waals surface area contributed by atoms with Crippen LogP contribution in [0.2, 0.25) is 0 Å². The number of guanidine groups is 1. The molecule has 18 heteroatoms. The van der Waals surface area contributed by atoms with Crippen molar-refractivity contribution in [2.24, 2.45) is 19.2 Å². The molecule has 0 saturated carbocycles. The predicted molar refractivity (Wildman–Crippen MR) is 286 cm³/mol. The summed E-state index contributed by atoms with van der Waals surface area (Å²) in [6, 6.07) is 0. The van der Waals surface area contributed by atoms with Crippen LogP contribution in [0.5, 0.6) is 0 Å². The molecule has 0 spiro atoms. The number of unbranched alkanes of at least 4 members (excludes halogenated alkanes) is 3. The number of nitrogens with zero attached hydrogens (tertiary/aromatic N) is 13. The second kappa shape index (κ2) is 26.5. The zero-order valence-corrected chi connectivity index (χ0v) is 45.3. The van der Waals surface area contributed by atoms with Crippen molar-refractivity contribution in [2.75, 3.05) is 157 Å². The summed E-state index contributed by atoms with van der Waals surface area (Å²) in [6.07, 6.45) is 31.0. The number of rotatable bonds is 24. The van der Waals surface area contributed by atoms with Gasteiger partial charge >= 0.3 is 0 Å². The van der Waals surface area contributed by atoms with Crippen molar-refractivity contribution in [1.29, 1.82) is 0 Å². The molecule has 15 nitrogen and oxygen atoms in total. The van der Waals surface area contributed by atoms with Crippen molar-refractivity contribution in [3.63, 3.8) is 0 Å². The first-order chi connectivity index (χ1) is 33.2. The molecule has 9 rings (SSSR count). The summed E-state index contributed by atoms with van der Waals surface area (Å²) in [6.45, 7) is 28.1. The summed E-state index contributed by atoms with van der Waals surface area (Å²) in [5, 5.41) is 7.67. The van der Waals surface area contributed by atoms with E-state index in [1.807, 2.05) is 0 Å². The SMILES string of the molecule is C(CCN=P(N1CCCC1)(N1CCCC1)N1CCCC1)CN=C(NCCCCN=P(N1CCCC1)(N1CCCC1)N1CCCC1)NCCCCN=P(N1CCCC1)(N1CCCC1)N1CCCC1. The van der Waals surface area contributed by atoms with Gasteiger partial charge in [-0.05, 0) is 154 Å². The van der Waals surface area contributed by atoms with Crippen molar-refractivity contribution in [1.82, 2.24) is 52.7 Å². The van der Waals surface area contributed by atoms with E-state index in [1.165, 1.54) is 233 Å². The minimum absolute atomic E-state index is 0.862. The van der Waals surface area contributed by atoms with E-state index in [9.17, 15) is 0 Å². The van der Waals surface area contributed by atoms with Crippen LogP contribution in [-0.4, -0.2) is 205 Å². The molecule has 9 aliphatic heterocycles. The Morgan fingerprint density at radius 2 is 0.463 bits per heavy atom. The highest BCUT2D eigenvalue weighted by atomic mass is 31.2. The Kier molecular flexibility index (Phi) is 20.4. The molecular formula is C49H98N15P3. The van der Waals surface area contributed by atoms with Gasteiger partial charge in [0, 0.05) is 157 Å². The third kappa shape index (κ3) is 12.3. The van der Waals surface area contributed by atoms with Crippen molar-refractivity contribution in [3.8, 4) is 0 Å². The normalized spacial score (nSPS) is 25.4. The lowest BCUT2D eigenvalue weighted by atomic mass is 10.3. The first-order valence-corrected chi connectivity index (χ1v) is 33.6. The largest absolute Gasteiger partial charge is 0.356 e. The van der Waals surface area contributed by atoms with E-state index < -0.39 is 22.5 Å². The fourth-order valence-corrected chi connectivity index (χ4v) is 26.7. The molecule has 0 atom stereocenters. The Hall–Kier alpha value is -0.400. The first kappa shape index (κ1) is 51.5. The van der Waals surface area contributed by atoms with Crippen molar-refractivity contribution in [2.45, 2.75) is 154 Å². The molecule has 67 heavy (non-hydrogen) atoms. The zero-order chi connectivity index (χ0) is 45.5. The Morgan fingerprint density at radius 3 is 0.687 bits per heavy atom. The van der Waals surface area contributed by atoms with Gasteiger partial charge in [0.25, 0.3) is 0 Å². The van der Waals surface area contributed by atoms with Gasteiger partial charge in [-0.3, -0.25) is 19.2 Å². The molecule has 9 saturated heterocycles. The fraction of sp³-hybridized carbons (Fsp3) is 0.980. The molecule has 0 aromatic rings. The Labute approximate surface area is 410 Å². The van der Waals surface area contributed by atoms with Crippen LogP contribution in [-0.2, 0) is 0 Å². The number of aliphatic imine (C=N–C) groups is 1. The van der Waals surface area contributed by atoms with E-state index in [0.29, 0.717) is 0 Å². The molecule has 0 radical (unpaired) electrons. The molecule has 2 N–H and O–H groups in total. The molecule has 0 unspecified atom stereocenters. The van der Waals surface area contributed by atoms with Crippen molar-refractivity contribution >= 4 is 28.5 Å². The van der Waals surface area contributed by atoms with Gasteiger partial charge in [0.1, 0.15) is 0 Å². The lowest BCUT2D eigenvalue weighted by Gasteiger charge is -2.46. The zero-order valence-electron chi connectivity index (χ0n) is 42.6. The van der Waals surface area contributed by atoms with E-state index in [2.05, 4.69) is 52.7 Å². The van der Waals surface area contributed by atoms with Crippen molar-refractivity contribution in [3.05, 3.63) is 0 Å². The first-order valence-electron chi connectivity index (χ1n) is 28.8. The number of hydrogen-bond acceptors (Lipinski definition) is 4. The van der Waals surface area contributed by atoms with Crippen LogP contribution in [0.15, 0.2) is 19.2 Å². The van der Waals surface area contributed by atoms with Gasteiger partial charge in [-0.25, -0.2) is 42.0 Å². The highest BCUT2D eigenvalue weighted by molar-refractivity contribution is 7.59. The second-order valence-electron chi connectivity index (χ2n) is 21.4. The van der Waals surface area contributed by atoms with E-state index >= 15 is 0 Å². The standard InChI is InChI=1S/C49H98N15P3/c1(4-28-53-65(56-31-7-8-32-56,57-33-9-10-34-57)58-35-11-12-36-58)25-50-49(51-26-2-5-29-54-66(59-37-13-14-38-59,60-39-15-16-40-60)61-41-17-18-42-61)52-27-3-6-30-55-67(62-43-19-20-44-62,63-45-21-22-46-63)64-47-23-24-48-64/h1-48H2,(H2,50,51,52). The number of hydrogen-bond donors (Lipinski definition) is 2. The molecule has 0 aliphatic carbocycles. The molecule has 384 valence electrons. The summed E-state index contributed by atoms with van der Waals surface area (Å²) in [4.78, 5) is 5.27. The Bertz CT molecular complexity index is 1440. The average Bonchev–Trinajstić information content (AvgIpc) is 4.21. The molecular weight excluding hydrogens is 892 g/mol. The molecule has 0 aromatic carbocycles. The third-order valence-corrected chi connectivity index (χ3v) is 28.8. The maximum Gasteiger partial charge on any atom is 0.191 e. The van der Waals surface area contributed by atoms with Crippen LogP contribution >= 0.6 is 22.5 Å². The van der Waals surface area contributed by atoms with Gasteiger partial charge in [-0.15, -0.1) is 0 Å². The van der Waals surface area contributed by atoms with Crippen LogP contribution in [0.3, 0.4) is 0 Å². The van der Waals surface area contributed by atoms with Crippen LogP contribution in [0.4, 0.5) is 0 Å². The van der Waals surface area contributed by atoms with Gasteiger partial charge in [0.2, 0.25) is 0 Å². The molecule has 0 aromatic heterocycles. The van der Waals surface area contributed by atoms with Gasteiger partial charge in [0.05, 0.1) is 0 Å². The minimum Gasteiger partial charge on any atom is -0.356 e. The molecule has 9 heterocycles. The van der Waals surface area contributed by atoms with Gasteiger partial charge in [-0.2, -0.15) is 0 Å². The highest BCUT2D eigenvalue weighted by Gasteiger charge is 2.46. The van der Waals surface area contributed by atoms with Crippen molar-refractivity contribution < 1.29 is 0 Å². The third-order valence-electron chi connectivity index (χ3n) is 16.6. The van der Waals surface area contributed by atoms with Gasteiger partial charge in [0.15, 0.2) is 28.5 Å². The monoisotopic (exact) mass is 990 g/mol. The second-order valence-corrected chi connectivity index (χ2v) is 30.5. The molecule has 9 aliphatic rings. The summed E-state index contributed by atoms with van der Waals surface area (Å²) in [5.74, 6) is 1.01. The Balaban J connectivity index is 0.825. The Morgan fingerprint density at radius 1 is 0.269 bits per heavy atom. The van der Waals surface area contributed by atoms with Gasteiger partial charge < -0.3 is 10.6 Å². The van der Waals surface area contributed by atoms with E-state index in [1.54, 1.807) is 0 Å². The molecule has 0 bridgehead atoms. The summed E-state index contributed by atoms with van der Waals surface area (Å²) in [5.41, 5.74) is 0. The van der Waals surface area contributed by atoms with E-state index in [0.717, 1.165) is 83.8 Å². The maximum absolute atomic E-state index is 5.84. The lowest BCUT2D eigenvalue weighted by molar-refractivity contribution is 0.381. The molecule has 0 amide bonds. The fourth-order valence-electron chi connectivity index (χ4n) is 13.2. The summed E-state index contributed by atoms with van der Waals surface area (Å²) in [7, 11) is -5.33. The minimum atomic E-state index is -1.78. The molecule has 9 fully saturated rings. The van der Waals surface area contributed by atoms with Crippen LogP contribution in [0.25, 0.3) is 0 Å². The average molecular weight is 990 g/mol. The maximum atomic E-state index is 5.84. The van der Waals surface area contributed by atoms with Crippen LogP contribution in [0, 0.1) is 0 Å². The van der Waals surface area contributed by atoms with E-state index in [4.69, 9.17) is 19.2 Å². The van der Waals surface area contributed by atoms with Crippen LogP contribution < -0.4 is 10.6 Å². The topological polar surface area (TPSA) is 103 Å². The number of nitrogens with one attached hydrogen (secondary N) is 2. The lowest BCUT2D eigenvalue weighted by Crippen LogP contribution is -2.39. The quantitative estimate of drug-likeness (QED) is 0.0419. The van der Waals surface area contributed by atoms with Crippen LogP contribution in [0.1, 0.15) is 154 Å². The summed E-state index contributed by atoms with van der Waals surface area (Å²) >= 11 is 0. The predicted octanol–water partition coefficient (Wildman–Crippen LogP) is 9.56. The van der Waals surface area contributed by atoms with Gasteiger partial charge in [-0.1, -0.05) is 0 Å². The smallest absolute Gasteiger partial charge is 0.191 e.